The molecular formula is C19H19F6N3O2. The Bertz CT molecular complexity index is 873. The number of benzene rings is 1. The molecule has 30 heavy (non-hydrogen) atoms. The van der Waals surface area contributed by atoms with Gasteiger partial charge in [0.05, 0.1) is 11.3 Å². The fourth-order valence-electron chi connectivity index (χ4n) is 3.03. The zero-order valence-electron chi connectivity index (χ0n) is 16.2. The van der Waals surface area contributed by atoms with Gasteiger partial charge in [-0.3, -0.25) is 14.6 Å². The molecule has 0 fully saturated rings. The van der Waals surface area contributed by atoms with Crippen molar-refractivity contribution >= 4 is 23.7 Å². The summed E-state index contributed by atoms with van der Waals surface area (Å²) in [4.78, 5) is 28.2. The molecule has 1 unspecified atom stereocenters. The molecular weight excluding hydrogens is 416 g/mol. The van der Waals surface area contributed by atoms with Crippen molar-refractivity contribution in [3.8, 4) is 0 Å². The second-order valence-electron chi connectivity index (χ2n) is 7.04. The average molecular weight is 435 g/mol. The maximum atomic E-state index is 13.6. The number of para-hydroxylation sites is 1. The van der Waals surface area contributed by atoms with Crippen LogP contribution in [0.3, 0.4) is 0 Å². The molecule has 1 aromatic carbocycles. The Balaban J connectivity index is 2.50. The van der Waals surface area contributed by atoms with E-state index in [1.807, 2.05) is 0 Å². The van der Waals surface area contributed by atoms with E-state index >= 15 is 0 Å². The minimum Gasteiger partial charge on any atom is -0.350 e. The molecule has 1 aromatic rings. The van der Waals surface area contributed by atoms with E-state index in [0.717, 1.165) is 0 Å². The third-order valence-electron chi connectivity index (χ3n) is 4.48. The maximum absolute atomic E-state index is 13.6. The zero-order valence-corrected chi connectivity index (χ0v) is 16.2. The first-order valence-electron chi connectivity index (χ1n) is 8.78. The fourth-order valence-corrected chi connectivity index (χ4v) is 3.03. The summed E-state index contributed by atoms with van der Waals surface area (Å²) in [5.41, 5.74) is -4.51. The van der Waals surface area contributed by atoms with Gasteiger partial charge in [-0.1, -0.05) is 18.2 Å². The van der Waals surface area contributed by atoms with Crippen molar-refractivity contribution in [3.63, 3.8) is 0 Å². The Morgan fingerprint density at radius 1 is 1.10 bits per heavy atom. The number of allylic oxidation sites excluding steroid dienone is 1. The van der Waals surface area contributed by atoms with Gasteiger partial charge in [0.25, 0.3) is 11.8 Å². The Labute approximate surface area is 168 Å². The second kappa shape index (κ2) is 8.11. The highest BCUT2D eigenvalue weighted by Gasteiger charge is 2.75. The number of aryl methyl sites for hydroxylation is 1. The lowest BCUT2D eigenvalue weighted by atomic mass is 9.76. The average Bonchev–Trinajstić information content (AvgIpc) is 2.60. The van der Waals surface area contributed by atoms with Crippen LogP contribution < -0.4 is 10.6 Å². The van der Waals surface area contributed by atoms with E-state index in [4.69, 9.17) is 0 Å². The maximum Gasteiger partial charge on any atom is 0.409 e. The molecule has 11 heteroatoms. The van der Waals surface area contributed by atoms with Crippen LogP contribution in [0.2, 0.25) is 0 Å². The molecule has 1 heterocycles. The van der Waals surface area contributed by atoms with Crippen LogP contribution >= 0.6 is 0 Å². The van der Waals surface area contributed by atoms with Crippen LogP contribution in [-0.4, -0.2) is 42.5 Å². The van der Waals surface area contributed by atoms with E-state index in [1.165, 1.54) is 25.1 Å². The van der Waals surface area contributed by atoms with E-state index in [1.54, 1.807) is 13.8 Å². The lowest BCUT2D eigenvalue weighted by Gasteiger charge is -2.39. The molecule has 5 nitrogen and oxygen atoms in total. The number of aliphatic imine (C=N–C) groups is 1. The van der Waals surface area contributed by atoms with Gasteiger partial charge in [0.2, 0.25) is 5.41 Å². The summed E-state index contributed by atoms with van der Waals surface area (Å²) in [6.45, 7) is 4.78. The third-order valence-corrected chi connectivity index (χ3v) is 4.48. The molecule has 0 aliphatic carbocycles. The predicted molar refractivity (Wildman–Crippen MR) is 98.4 cm³/mol. The van der Waals surface area contributed by atoms with Crippen LogP contribution in [0.4, 0.5) is 32.0 Å². The first-order chi connectivity index (χ1) is 13.7. The van der Waals surface area contributed by atoms with Crippen LogP contribution in [0.15, 0.2) is 35.3 Å². The topological polar surface area (TPSA) is 70.6 Å². The number of nitrogens with zero attached hydrogens (tertiary/aromatic N) is 1. The van der Waals surface area contributed by atoms with Gasteiger partial charge in [-0.15, -0.1) is 0 Å². The molecule has 2 rings (SSSR count). The number of dihydropyridines is 1. The summed E-state index contributed by atoms with van der Waals surface area (Å²) >= 11 is 0. The normalized spacial score (nSPS) is 18.4. The van der Waals surface area contributed by atoms with Crippen molar-refractivity contribution in [2.24, 2.45) is 10.4 Å². The highest BCUT2D eigenvalue weighted by Crippen LogP contribution is 2.55. The molecule has 1 aliphatic rings. The summed E-state index contributed by atoms with van der Waals surface area (Å²) in [6, 6.07) is 1.07. The Morgan fingerprint density at radius 3 is 2.23 bits per heavy atom. The highest BCUT2D eigenvalue weighted by atomic mass is 19.4. The van der Waals surface area contributed by atoms with Crippen molar-refractivity contribution in [2.75, 3.05) is 5.32 Å². The van der Waals surface area contributed by atoms with Gasteiger partial charge >= 0.3 is 12.4 Å². The monoisotopic (exact) mass is 435 g/mol. The molecule has 164 valence electrons. The number of nitrogens with one attached hydrogen (secondary N) is 2. The number of carbonyl (C=O) groups is 2. The quantitative estimate of drug-likeness (QED) is 0.697. The SMILES string of the molecule is Cc1cccc(C(=O)NC(C)C)c1NC(=O)C1N=CC=CC1(C(F)(F)F)C(F)(F)F. The third kappa shape index (κ3) is 4.19. The smallest absolute Gasteiger partial charge is 0.350 e. The van der Waals surface area contributed by atoms with E-state index in [9.17, 15) is 35.9 Å². The van der Waals surface area contributed by atoms with Gasteiger partial charge in [-0.25, -0.2) is 0 Å². The molecule has 2 N–H and O–H groups in total. The fraction of sp³-hybridized carbons (Fsp3) is 0.421. The molecule has 1 aliphatic heterocycles. The zero-order chi connectivity index (χ0) is 22.9. The van der Waals surface area contributed by atoms with Crippen LogP contribution in [-0.2, 0) is 4.79 Å². The Morgan fingerprint density at radius 2 is 1.70 bits per heavy atom. The van der Waals surface area contributed by atoms with Crippen LogP contribution in [0.5, 0.6) is 0 Å². The number of rotatable bonds is 4. The molecule has 0 bridgehead atoms. The molecule has 0 radical (unpaired) electrons. The molecule has 2 amide bonds. The lowest BCUT2D eigenvalue weighted by Crippen LogP contribution is -2.60. The number of amides is 2. The summed E-state index contributed by atoms with van der Waals surface area (Å²) in [5, 5.41) is 4.61. The highest BCUT2D eigenvalue weighted by molar-refractivity contribution is 6.06. The molecule has 0 saturated heterocycles. The Kier molecular flexibility index (Phi) is 6.34. The predicted octanol–water partition coefficient (Wildman–Crippen LogP) is 4.19. The van der Waals surface area contributed by atoms with E-state index < -0.39 is 35.6 Å². The molecule has 1 atom stereocenters. The van der Waals surface area contributed by atoms with Crippen LogP contribution in [0.25, 0.3) is 0 Å². The van der Waals surface area contributed by atoms with Crippen molar-refractivity contribution in [2.45, 2.75) is 45.2 Å². The van der Waals surface area contributed by atoms with Crippen LogP contribution in [0, 0.1) is 12.3 Å². The van der Waals surface area contributed by atoms with Gasteiger partial charge in [0, 0.05) is 12.3 Å². The number of halogens is 6. The number of hydrogen-bond acceptors (Lipinski definition) is 3. The molecule has 0 aromatic heterocycles. The second-order valence-corrected chi connectivity index (χ2v) is 7.04. The van der Waals surface area contributed by atoms with Gasteiger partial charge in [-0.2, -0.15) is 26.3 Å². The standard InChI is InChI=1S/C19H19F6N3O2/c1-10(2)27-15(29)12-7-4-6-11(3)13(12)28-16(30)14-17(18(20,21)22,19(23,24)25)8-5-9-26-14/h4-10,14H,1-3H3,(H,27,29)(H,28,30). The largest absolute Gasteiger partial charge is 0.409 e. The number of alkyl halides is 6. The summed E-state index contributed by atoms with van der Waals surface area (Å²) in [7, 11) is 0. The van der Waals surface area contributed by atoms with Gasteiger partial charge in [-0.05, 0) is 38.5 Å². The summed E-state index contributed by atoms with van der Waals surface area (Å²) in [5.74, 6) is -2.29. The van der Waals surface area contributed by atoms with Gasteiger partial charge in [0.1, 0.15) is 0 Å². The van der Waals surface area contributed by atoms with Gasteiger partial charge in [0.15, 0.2) is 6.04 Å². The van der Waals surface area contributed by atoms with E-state index in [2.05, 4.69) is 15.6 Å². The summed E-state index contributed by atoms with van der Waals surface area (Å²) in [6.07, 6.45) is -10.6. The lowest BCUT2D eigenvalue weighted by molar-refractivity contribution is -0.324. The number of anilines is 1. The van der Waals surface area contributed by atoms with Crippen molar-refractivity contribution in [1.29, 1.82) is 0 Å². The first-order valence-corrected chi connectivity index (χ1v) is 8.78. The van der Waals surface area contributed by atoms with Gasteiger partial charge < -0.3 is 10.6 Å². The number of hydrogen-bond donors (Lipinski definition) is 2. The van der Waals surface area contributed by atoms with Crippen LogP contribution in [0.1, 0.15) is 29.8 Å². The Hall–Kier alpha value is -2.85. The molecule has 0 saturated carbocycles. The van der Waals surface area contributed by atoms with E-state index in [0.29, 0.717) is 12.3 Å². The van der Waals surface area contributed by atoms with Crippen molar-refractivity contribution in [3.05, 3.63) is 41.5 Å². The summed E-state index contributed by atoms with van der Waals surface area (Å²) < 4.78 is 81.5. The van der Waals surface area contributed by atoms with Crippen molar-refractivity contribution < 1.29 is 35.9 Å². The molecule has 0 spiro atoms. The van der Waals surface area contributed by atoms with E-state index in [-0.39, 0.29) is 28.9 Å². The number of carbonyl (C=O) groups excluding carboxylic acids is 2. The minimum atomic E-state index is -5.84. The van der Waals surface area contributed by atoms with Crippen molar-refractivity contribution in [1.82, 2.24) is 5.32 Å². The minimum absolute atomic E-state index is 0.100. The first kappa shape index (κ1) is 23.4.